The summed E-state index contributed by atoms with van der Waals surface area (Å²) in [5.74, 6) is -0.716. The number of carbonyl (C=O) groups is 1. The zero-order valence-electron chi connectivity index (χ0n) is 13.8. The van der Waals surface area contributed by atoms with E-state index < -0.39 is 11.5 Å². The zero-order chi connectivity index (χ0) is 15.8. The fraction of sp³-hybridized carbons (Fsp3) is 0.750. The highest BCUT2D eigenvalue weighted by atomic mass is 16.4. The summed E-state index contributed by atoms with van der Waals surface area (Å²) in [4.78, 5) is 13.9. The van der Waals surface area contributed by atoms with E-state index >= 15 is 0 Å². The lowest BCUT2D eigenvalue weighted by atomic mass is 9.85. The first-order chi connectivity index (χ1) is 9.82. The lowest BCUT2D eigenvalue weighted by molar-refractivity contribution is -0.155. The van der Waals surface area contributed by atoms with Gasteiger partial charge in [0.15, 0.2) is 0 Å². The predicted molar refractivity (Wildman–Crippen MR) is 82.4 cm³/mol. The first-order valence-corrected chi connectivity index (χ1v) is 7.87. The second-order valence-electron chi connectivity index (χ2n) is 6.31. The van der Waals surface area contributed by atoms with E-state index in [9.17, 15) is 9.90 Å². The minimum Gasteiger partial charge on any atom is -0.480 e. The van der Waals surface area contributed by atoms with Gasteiger partial charge in [0.1, 0.15) is 5.54 Å². The molecule has 1 N–H and O–H groups in total. The van der Waals surface area contributed by atoms with Gasteiger partial charge >= 0.3 is 5.97 Å². The van der Waals surface area contributed by atoms with Crippen molar-refractivity contribution in [3.05, 3.63) is 17.0 Å². The van der Waals surface area contributed by atoms with Crippen LogP contribution in [-0.2, 0) is 11.3 Å². The number of aromatic nitrogens is 2. The smallest absolute Gasteiger partial charge is 0.323 e. The molecule has 2 unspecified atom stereocenters. The number of carboxylic acid groups (broad SMARTS) is 1. The summed E-state index contributed by atoms with van der Waals surface area (Å²) < 4.78 is 2.00. The molecule has 1 aliphatic heterocycles. The van der Waals surface area contributed by atoms with Gasteiger partial charge < -0.3 is 5.11 Å². The van der Waals surface area contributed by atoms with Crippen LogP contribution in [0.25, 0.3) is 0 Å². The molecule has 2 rings (SSSR count). The first kappa shape index (κ1) is 16.0. The molecular formula is C16H27N3O2. The van der Waals surface area contributed by atoms with Crippen LogP contribution in [0, 0.1) is 13.8 Å². The summed E-state index contributed by atoms with van der Waals surface area (Å²) in [6.07, 6.45) is 2.76. The lowest BCUT2D eigenvalue weighted by Crippen LogP contribution is -2.55. The minimum atomic E-state index is -0.773. The van der Waals surface area contributed by atoms with E-state index in [1.165, 1.54) is 5.56 Å². The van der Waals surface area contributed by atoms with Crippen LogP contribution in [0.1, 0.15) is 63.0 Å². The highest BCUT2D eigenvalue weighted by Crippen LogP contribution is 2.37. The van der Waals surface area contributed by atoms with Crippen molar-refractivity contribution in [3.8, 4) is 0 Å². The number of hydrogen-bond donors (Lipinski definition) is 1. The Hall–Kier alpha value is -1.36. The summed E-state index contributed by atoms with van der Waals surface area (Å²) in [5, 5.41) is 14.3. The SMILES string of the molecule is CCn1nc(C)c(C(C)N2CCCCC2(C)C(=O)O)c1C. The van der Waals surface area contributed by atoms with Gasteiger partial charge in [-0.25, -0.2) is 0 Å². The minimum absolute atomic E-state index is 0.0756. The van der Waals surface area contributed by atoms with E-state index in [2.05, 4.69) is 30.8 Å². The predicted octanol–water partition coefficient (Wildman–Crippen LogP) is 2.91. The standard InChI is InChI=1S/C16H27N3O2/c1-6-19-13(4)14(11(2)17-19)12(3)18-10-8-7-9-16(18,5)15(20)21/h12H,6-10H2,1-5H3,(H,20,21). The zero-order valence-corrected chi connectivity index (χ0v) is 13.8. The van der Waals surface area contributed by atoms with Crippen molar-refractivity contribution < 1.29 is 9.90 Å². The van der Waals surface area contributed by atoms with Gasteiger partial charge in [0, 0.05) is 23.8 Å². The van der Waals surface area contributed by atoms with E-state index in [0.717, 1.165) is 37.3 Å². The molecule has 1 fully saturated rings. The topological polar surface area (TPSA) is 58.4 Å². The normalized spacial score (nSPS) is 25.0. The molecule has 1 aromatic heterocycles. The fourth-order valence-corrected chi connectivity index (χ4v) is 3.77. The van der Waals surface area contributed by atoms with Crippen molar-refractivity contribution in [1.82, 2.24) is 14.7 Å². The quantitative estimate of drug-likeness (QED) is 0.927. The van der Waals surface area contributed by atoms with Gasteiger partial charge in [-0.2, -0.15) is 5.10 Å². The number of aryl methyl sites for hydroxylation is 2. The van der Waals surface area contributed by atoms with Crippen LogP contribution in [0.5, 0.6) is 0 Å². The van der Waals surface area contributed by atoms with Crippen molar-refractivity contribution in [2.45, 2.75) is 72.0 Å². The summed E-state index contributed by atoms with van der Waals surface area (Å²) >= 11 is 0. The molecule has 2 heterocycles. The number of carboxylic acids is 1. The molecule has 1 aromatic rings. The molecule has 118 valence electrons. The monoisotopic (exact) mass is 293 g/mol. The van der Waals surface area contributed by atoms with Gasteiger partial charge in [0.2, 0.25) is 0 Å². The van der Waals surface area contributed by atoms with Crippen molar-refractivity contribution in [3.63, 3.8) is 0 Å². The molecule has 5 heteroatoms. The molecule has 0 aliphatic carbocycles. The first-order valence-electron chi connectivity index (χ1n) is 7.87. The fourth-order valence-electron chi connectivity index (χ4n) is 3.77. The third-order valence-corrected chi connectivity index (χ3v) is 5.03. The summed E-state index contributed by atoms with van der Waals surface area (Å²) in [6, 6.07) is 0.0756. The van der Waals surface area contributed by atoms with Gasteiger partial charge in [-0.05, 0) is 60.4 Å². The van der Waals surface area contributed by atoms with Crippen molar-refractivity contribution in [1.29, 1.82) is 0 Å². The number of rotatable bonds is 4. The Morgan fingerprint density at radius 3 is 2.62 bits per heavy atom. The maximum absolute atomic E-state index is 11.8. The number of aliphatic carboxylic acids is 1. The molecule has 0 spiro atoms. The second-order valence-corrected chi connectivity index (χ2v) is 6.31. The highest BCUT2D eigenvalue weighted by molar-refractivity contribution is 5.78. The number of piperidine rings is 1. The van der Waals surface area contributed by atoms with Gasteiger partial charge in [-0.15, -0.1) is 0 Å². The van der Waals surface area contributed by atoms with Crippen molar-refractivity contribution in [2.75, 3.05) is 6.54 Å². The Bertz CT molecular complexity index is 538. The van der Waals surface area contributed by atoms with Crippen molar-refractivity contribution in [2.24, 2.45) is 0 Å². The molecule has 0 radical (unpaired) electrons. The van der Waals surface area contributed by atoms with Crippen LogP contribution in [0.2, 0.25) is 0 Å². The molecule has 0 amide bonds. The van der Waals surface area contributed by atoms with E-state index in [4.69, 9.17) is 0 Å². The molecule has 0 saturated carbocycles. The van der Waals surface area contributed by atoms with Gasteiger partial charge in [0.25, 0.3) is 0 Å². The van der Waals surface area contributed by atoms with Crippen LogP contribution in [-0.4, -0.2) is 37.8 Å². The average molecular weight is 293 g/mol. The Morgan fingerprint density at radius 1 is 1.43 bits per heavy atom. The van der Waals surface area contributed by atoms with Crippen LogP contribution < -0.4 is 0 Å². The van der Waals surface area contributed by atoms with Crippen LogP contribution in [0.15, 0.2) is 0 Å². The number of likely N-dealkylation sites (tertiary alicyclic amines) is 1. The molecule has 1 aliphatic rings. The Balaban J connectivity index is 2.40. The number of hydrogen-bond acceptors (Lipinski definition) is 3. The van der Waals surface area contributed by atoms with Crippen LogP contribution in [0.3, 0.4) is 0 Å². The summed E-state index contributed by atoms with van der Waals surface area (Å²) in [5.41, 5.74) is 2.58. The van der Waals surface area contributed by atoms with Crippen molar-refractivity contribution >= 4 is 5.97 Å². The van der Waals surface area contributed by atoms with Gasteiger partial charge in [0.05, 0.1) is 5.69 Å². The van der Waals surface area contributed by atoms with Crippen LogP contribution >= 0.6 is 0 Å². The third kappa shape index (κ3) is 2.59. The highest BCUT2D eigenvalue weighted by Gasteiger charge is 2.44. The summed E-state index contributed by atoms with van der Waals surface area (Å²) in [7, 11) is 0. The Morgan fingerprint density at radius 2 is 2.10 bits per heavy atom. The molecule has 21 heavy (non-hydrogen) atoms. The molecule has 0 aromatic carbocycles. The maximum Gasteiger partial charge on any atom is 0.323 e. The Kier molecular flexibility index (Phi) is 4.42. The lowest BCUT2D eigenvalue weighted by Gasteiger charge is -2.45. The maximum atomic E-state index is 11.8. The van der Waals surface area contributed by atoms with Gasteiger partial charge in [-0.3, -0.25) is 14.4 Å². The van der Waals surface area contributed by atoms with E-state index in [0.29, 0.717) is 6.42 Å². The summed E-state index contributed by atoms with van der Waals surface area (Å²) in [6.45, 7) is 11.8. The molecule has 2 atom stereocenters. The Labute approximate surface area is 126 Å². The molecule has 1 saturated heterocycles. The van der Waals surface area contributed by atoms with E-state index in [1.807, 2.05) is 18.5 Å². The van der Waals surface area contributed by atoms with Crippen LogP contribution in [0.4, 0.5) is 0 Å². The van der Waals surface area contributed by atoms with E-state index in [1.54, 1.807) is 0 Å². The largest absolute Gasteiger partial charge is 0.480 e. The molecule has 5 nitrogen and oxygen atoms in total. The third-order valence-electron chi connectivity index (χ3n) is 5.03. The van der Waals surface area contributed by atoms with E-state index in [-0.39, 0.29) is 6.04 Å². The molecule has 0 bridgehead atoms. The second kappa shape index (κ2) is 5.79. The number of nitrogens with zero attached hydrogens (tertiary/aromatic N) is 3. The average Bonchev–Trinajstić information content (AvgIpc) is 2.73. The van der Waals surface area contributed by atoms with Gasteiger partial charge in [-0.1, -0.05) is 0 Å². The molecular weight excluding hydrogens is 266 g/mol.